The number of urea groups is 1. The Bertz CT molecular complexity index is 639. The molecule has 1 heterocycles. The maximum absolute atomic E-state index is 11.7. The van der Waals surface area contributed by atoms with Gasteiger partial charge in [0.25, 0.3) is 0 Å². The van der Waals surface area contributed by atoms with Crippen LogP contribution in [0, 0.1) is 0 Å². The molecule has 0 radical (unpaired) electrons. The average molecular weight is 363 g/mol. The lowest BCUT2D eigenvalue weighted by molar-refractivity contribution is -0.142. The van der Waals surface area contributed by atoms with Crippen molar-refractivity contribution < 1.29 is 24.2 Å². The first kappa shape index (κ1) is 19.6. The minimum Gasteiger partial charge on any atom is -0.466 e. The Labute approximate surface area is 152 Å². The number of ether oxygens (including phenoxy) is 1. The summed E-state index contributed by atoms with van der Waals surface area (Å²) in [6.07, 6.45) is 0.742. The van der Waals surface area contributed by atoms with Crippen molar-refractivity contribution in [1.82, 2.24) is 4.90 Å². The summed E-state index contributed by atoms with van der Waals surface area (Å²) in [6, 6.07) is 6.83. The van der Waals surface area contributed by atoms with Gasteiger partial charge >= 0.3 is 18.1 Å². The second-order valence-corrected chi connectivity index (χ2v) is 6.18. The molecule has 8 heteroatoms. The summed E-state index contributed by atoms with van der Waals surface area (Å²) in [5, 5.41) is 9.01. The SMILES string of the molecule is CCOC(=O)CCN(C(N)=O)c1ccc(C2CCN(C(=O)O)CC2)cc1. The van der Waals surface area contributed by atoms with Crippen LogP contribution >= 0.6 is 0 Å². The summed E-state index contributed by atoms with van der Waals surface area (Å²) in [6.45, 7) is 3.22. The number of anilines is 1. The fourth-order valence-corrected chi connectivity index (χ4v) is 3.13. The van der Waals surface area contributed by atoms with Crippen LogP contribution in [0.25, 0.3) is 0 Å². The number of benzene rings is 1. The molecule has 0 atom stereocenters. The zero-order valence-corrected chi connectivity index (χ0v) is 14.9. The molecule has 1 saturated heterocycles. The zero-order valence-electron chi connectivity index (χ0n) is 14.9. The third kappa shape index (κ3) is 5.11. The van der Waals surface area contributed by atoms with Crippen LogP contribution in [-0.2, 0) is 9.53 Å². The number of nitrogens with zero attached hydrogens (tertiary/aromatic N) is 2. The van der Waals surface area contributed by atoms with E-state index in [1.165, 1.54) is 9.80 Å². The molecule has 3 N–H and O–H groups in total. The van der Waals surface area contributed by atoms with Crippen LogP contribution in [0.3, 0.4) is 0 Å². The number of hydrogen-bond acceptors (Lipinski definition) is 4. The Balaban J connectivity index is 1.99. The van der Waals surface area contributed by atoms with Gasteiger partial charge in [-0.3, -0.25) is 9.69 Å². The molecular formula is C18H25N3O5. The van der Waals surface area contributed by atoms with Gasteiger partial charge in [0.15, 0.2) is 0 Å². The van der Waals surface area contributed by atoms with Crippen molar-refractivity contribution in [1.29, 1.82) is 0 Å². The van der Waals surface area contributed by atoms with E-state index in [-0.39, 0.29) is 18.9 Å². The van der Waals surface area contributed by atoms with E-state index in [1.54, 1.807) is 19.1 Å². The zero-order chi connectivity index (χ0) is 19.1. The number of primary amides is 1. The normalized spacial score (nSPS) is 14.7. The molecule has 0 unspecified atom stereocenters. The van der Waals surface area contributed by atoms with Crippen LogP contribution < -0.4 is 10.6 Å². The number of piperidine rings is 1. The molecule has 1 aliphatic rings. The van der Waals surface area contributed by atoms with E-state index in [2.05, 4.69) is 0 Å². The number of rotatable bonds is 6. The summed E-state index contributed by atoms with van der Waals surface area (Å²) in [5.74, 6) is -0.0817. The molecule has 26 heavy (non-hydrogen) atoms. The third-order valence-electron chi connectivity index (χ3n) is 4.55. The van der Waals surface area contributed by atoms with Crippen molar-refractivity contribution >= 4 is 23.8 Å². The van der Waals surface area contributed by atoms with Gasteiger partial charge in [-0.05, 0) is 43.4 Å². The highest BCUT2D eigenvalue weighted by Crippen LogP contribution is 2.29. The lowest BCUT2D eigenvalue weighted by atomic mass is 9.89. The monoisotopic (exact) mass is 363 g/mol. The van der Waals surface area contributed by atoms with Crippen LogP contribution in [0.15, 0.2) is 24.3 Å². The second kappa shape index (κ2) is 9.07. The Kier molecular flexibility index (Phi) is 6.82. The number of carbonyl (C=O) groups excluding carboxylic acids is 2. The first-order valence-electron chi connectivity index (χ1n) is 8.72. The van der Waals surface area contributed by atoms with Crippen LogP contribution in [0.1, 0.15) is 37.7 Å². The fraction of sp³-hybridized carbons (Fsp3) is 0.500. The van der Waals surface area contributed by atoms with Gasteiger partial charge in [-0.15, -0.1) is 0 Å². The van der Waals surface area contributed by atoms with E-state index in [0.29, 0.717) is 31.3 Å². The standard InChI is InChI=1S/C18H25N3O5/c1-2-26-16(22)9-12-21(17(19)23)15-5-3-13(4-6-15)14-7-10-20(11-8-14)18(24)25/h3-6,14H,2,7-12H2,1H3,(H2,19,23)(H,24,25). The van der Waals surface area contributed by atoms with Crippen LogP contribution in [0.4, 0.5) is 15.3 Å². The first-order valence-corrected chi connectivity index (χ1v) is 8.72. The largest absolute Gasteiger partial charge is 0.466 e. The van der Waals surface area contributed by atoms with Gasteiger partial charge in [0.2, 0.25) is 0 Å². The first-order chi connectivity index (χ1) is 12.4. The molecule has 0 saturated carbocycles. The van der Waals surface area contributed by atoms with Gasteiger partial charge in [0, 0.05) is 25.3 Å². The molecule has 3 amide bonds. The van der Waals surface area contributed by atoms with Crippen molar-refractivity contribution in [3.8, 4) is 0 Å². The summed E-state index contributed by atoms with van der Waals surface area (Å²) < 4.78 is 4.87. The Morgan fingerprint density at radius 1 is 1.23 bits per heavy atom. The van der Waals surface area contributed by atoms with Crippen molar-refractivity contribution in [2.45, 2.75) is 32.1 Å². The highest BCUT2D eigenvalue weighted by molar-refractivity contribution is 5.91. The molecule has 8 nitrogen and oxygen atoms in total. The fourth-order valence-electron chi connectivity index (χ4n) is 3.13. The topological polar surface area (TPSA) is 113 Å². The van der Waals surface area contributed by atoms with E-state index >= 15 is 0 Å². The minimum atomic E-state index is -0.877. The molecule has 0 aromatic heterocycles. The molecule has 0 aliphatic carbocycles. The predicted molar refractivity (Wildman–Crippen MR) is 96.2 cm³/mol. The van der Waals surface area contributed by atoms with Gasteiger partial charge in [0.05, 0.1) is 13.0 Å². The maximum Gasteiger partial charge on any atom is 0.407 e. The third-order valence-corrected chi connectivity index (χ3v) is 4.55. The number of carboxylic acid groups (broad SMARTS) is 1. The number of amides is 3. The van der Waals surface area contributed by atoms with Crippen molar-refractivity contribution in [3.05, 3.63) is 29.8 Å². The number of nitrogens with two attached hydrogens (primary N) is 1. The Morgan fingerprint density at radius 2 is 1.85 bits per heavy atom. The number of carbonyl (C=O) groups is 3. The van der Waals surface area contributed by atoms with E-state index in [0.717, 1.165) is 18.4 Å². The molecule has 1 aliphatic heterocycles. The molecule has 1 aromatic rings. The highest BCUT2D eigenvalue weighted by Gasteiger charge is 2.23. The Hall–Kier alpha value is -2.77. The molecule has 1 fully saturated rings. The van der Waals surface area contributed by atoms with E-state index < -0.39 is 12.1 Å². The van der Waals surface area contributed by atoms with Crippen molar-refractivity contribution in [3.63, 3.8) is 0 Å². The van der Waals surface area contributed by atoms with Crippen LogP contribution in [0.2, 0.25) is 0 Å². The van der Waals surface area contributed by atoms with Crippen molar-refractivity contribution in [2.24, 2.45) is 5.73 Å². The lowest BCUT2D eigenvalue weighted by Gasteiger charge is -2.30. The predicted octanol–water partition coefficient (Wildman–Crippen LogP) is 2.38. The summed E-state index contributed by atoms with van der Waals surface area (Å²) in [7, 11) is 0. The van der Waals surface area contributed by atoms with Gasteiger partial charge < -0.3 is 20.5 Å². The van der Waals surface area contributed by atoms with Crippen LogP contribution in [-0.4, -0.2) is 54.3 Å². The quantitative estimate of drug-likeness (QED) is 0.753. The molecule has 0 bridgehead atoms. The Morgan fingerprint density at radius 3 is 2.35 bits per heavy atom. The van der Waals surface area contributed by atoms with Gasteiger partial charge in [-0.25, -0.2) is 9.59 Å². The number of likely N-dealkylation sites (tertiary alicyclic amines) is 1. The summed E-state index contributed by atoms with van der Waals surface area (Å²) in [4.78, 5) is 36.9. The summed E-state index contributed by atoms with van der Waals surface area (Å²) >= 11 is 0. The molecule has 1 aromatic carbocycles. The minimum absolute atomic E-state index is 0.0756. The molecule has 2 rings (SSSR count). The number of hydrogen-bond donors (Lipinski definition) is 2. The van der Waals surface area contributed by atoms with Crippen molar-refractivity contribution in [2.75, 3.05) is 31.1 Å². The molecule has 0 spiro atoms. The van der Waals surface area contributed by atoms with Crippen LogP contribution in [0.5, 0.6) is 0 Å². The van der Waals surface area contributed by atoms with Gasteiger partial charge in [0.1, 0.15) is 0 Å². The van der Waals surface area contributed by atoms with E-state index in [4.69, 9.17) is 15.6 Å². The molecular weight excluding hydrogens is 338 g/mol. The second-order valence-electron chi connectivity index (χ2n) is 6.18. The van der Waals surface area contributed by atoms with Gasteiger partial charge in [-0.2, -0.15) is 0 Å². The summed E-state index contributed by atoms with van der Waals surface area (Å²) in [5.41, 5.74) is 7.15. The lowest BCUT2D eigenvalue weighted by Crippen LogP contribution is -2.37. The van der Waals surface area contributed by atoms with E-state index in [9.17, 15) is 14.4 Å². The smallest absolute Gasteiger partial charge is 0.407 e. The number of esters is 1. The van der Waals surface area contributed by atoms with Gasteiger partial charge in [-0.1, -0.05) is 12.1 Å². The average Bonchev–Trinajstić information content (AvgIpc) is 2.62. The highest BCUT2D eigenvalue weighted by atomic mass is 16.5. The maximum atomic E-state index is 11.7. The van der Waals surface area contributed by atoms with E-state index in [1.807, 2.05) is 12.1 Å². The molecule has 142 valence electrons.